The number of amides is 2. The predicted octanol–water partition coefficient (Wildman–Crippen LogP) is 1.85. The Hall–Kier alpha value is -1.36. The molecule has 1 aliphatic heterocycles. The first-order valence-electron chi connectivity index (χ1n) is 5.91. The highest BCUT2D eigenvalue weighted by Crippen LogP contribution is 2.30. The zero-order chi connectivity index (χ0) is 13.3. The van der Waals surface area contributed by atoms with Crippen LogP contribution in [0.15, 0.2) is 22.7 Å². The van der Waals surface area contributed by atoms with Crippen molar-refractivity contribution in [2.24, 2.45) is 11.7 Å². The van der Waals surface area contributed by atoms with Gasteiger partial charge >= 0.3 is 0 Å². The van der Waals surface area contributed by atoms with E-state index in [1.807, 2.05) is 25.1 Å². The van der Waals surface area contributed by atoms with Crippen LogP contribution in [-0.4, -0.2) is 18.4 Å². The molecule has 0 bridgehead atoms. The third-order valence-corrected chi connectivity index (χ3v) is 3.73. The van der Waals surface area contributed by atoms with Crippen LogP contribution >= 0.6 is 15.9 Å². The lowest BCUT2D eigenvalue weighted by Gasteiger charge is -2.20. The first kappa shape index (κ1) is 13.1. The van der Waals surface area contributed by atoms with Crippen molar-refractivity contribution in [3.63, 3.8) is 0 Å². The average Bonchev–Trinajstić information content (AvgIpc) is 2.71. The van der Waals surface area contributed by atoms with Crippen LogP contribution in [0.1, 0.15) is 18.9 Å². The molecule has 1 atom stereocenters. The quantitative estimate of drug-likeness (QED) is 0.926. The Morgan fingerprint density at radius 1 is 1.56 bits per heavy atom. The number of aryl methyl sites for hydroxylation is 1. The molecule has 1 saturated heterocycles. The van der Waals surface area contributed by atoms with Gasteiger partial charge in [-0.25, -0.2) is 0 Å². The Balaban J connectivity index is 2.32. The summed E-state index contributed by atoms with van der Waals surface area (Å²) in [6.07, 6.45) is 1.05. The van der Waals surface area contributed by atoms with Gasteiger partial charge in [0, 0.05) is 23.1 Å². The van der Waals surface area contributed by atoms with E-state index in [1.54, 1.807) is 4.90 Å². The van der Waals surface area contributed by atoms with E-state index in [1.165, 1.54) is 0 Å². The van der Waals surface area contributed by atoms with Crippen molar-refractivity contribution in [1.82, 2.24) is 0 Å². The molecule has 0 saturated carbocycles. The molecule has 1 aromatic carbocycles. The van der Waals surface area contributed by atoms with Crippen LogP contribution in [0.2, 0.25) is 0 Å². The monoisotopic (exact) mass is 310 g/mol. The molecule has 1 aliphatic rings. The number of carbonyl (C=O) groups excluding carboxylic acids is 2. The van der Waals surface area contributed by atoms with Gasteiger partial charge in [0.25, 0.3) is 0 Å². The fourth-order valence-electron chi connectivity index (χ4n) is 2.23. The predicted molar refractivity (Wildman–Crippen MR) is 73.2 cm³/mol. The number of carbonyl (C=O) groups is 2. The molecule has 0 spiro atoms. The van der Waals surface area contributed by atoms with Gasteiger partial charge in [0.2, 0.25) is 11.8 Å². The van der Waals surface area contributed by atoms with Gasteiger partial charge in [0.15, 0.2) is 0 Å². The minimum absolute atomic E-state index is 0.0316. The Kier molecular flexibility index (Phi) is 3.71. The molecular formula is C13H15BrN2O2. The van der Waals surface area contributed by atoms with Crippen LogP contribution in [0.25, 0.3) is 0 Å². The summed E-state index contributed by atoms with van der Waals surface area (Å²) < 4.78 is 0.987. The summed E-state index contributed by atoms with van der Waals surface area (Å²) in [6.45, 7) is 2.43. The van der Waals surface area contributed by atoms with Gasteiger partial charge in [-0.2, -0.15) is 0 Å². The van der Waals surface area contributed by atoms with Gasteiger partial charge in [0.1, 0.15) is 0 Å². The van der Waals surface area contributed by atoms with E-state index in [9.17, 15) is 9.59 Å². The SMILES string of the molecule is CCc1cc(Br)ccc1N1CC(C(N)=O)CC1=O. The smallest absolute Gasteiger partial charge is 0.227 e. The zero-order valence-electron chi connectivity index (χ0n) is 10.1. The number of halogens is 1. The average molecular weight is 311 g/mol. The first-order valence-corrected chi connectivity index (χ1v) is 6.70. The van der Waals surface area contributed by atoms with Crippen LogP contribution in [0.3, 0.4) is 0 Å². The van der Waals surface area contributed by atoms with Crippen LogP contribution in [-0.2, 0) is 16.0 Å². The second kappa shape index (κ2) is 5.10. The van der Waals surface area contributed by atoms with Crippen LogP contribution < -0.4 is 10.6 Å². The Labute approximate surface area is 114 Å². The number of rotatable bonds is 3. The topological polar surface area (TPSA) is 63.4 Å². The Bertz CT molecular complexity index is 502. The molecule has 96 valence electrons. The maximum Gasteiger partial charge on any atom is 0.227 e. The van der Waals surface area contributed by atoms with Crippen molar-refractivity contribution < 1.29 is 9.59 Å². The highest BCUT2D eigenvalue weighted by atomic mass is 79.9. The van der Waals surface area contributed by atoms with Crippen molar-refractivity contribution in [2.45, 2.75) is 19.8 Å². The standard InChI is InChI=1S/C13H15BrN2O2/c1-2-8-5-10(14)3-4-11(8)16-7-9(13(15)18)6-12(16)17/h3-5,9H,2,6-7H2,1H3,(H2,15,18). The van der Waals surface area contributed by atoms with E-state index in [2.05, 4.69) is 15.9 Å². The number of hydrogen-bond donors (Lipinski definition) is 1. The van der Waals surface area contributed by atoms with Gasteiger partial charge < -0.3 is 10.6 Å². The summed E-state index contributed by atoms with van der Waals surface area (Å²) in [4.78, 5) is 24.8. The summed E-state index contributed by atoms with van der Waals surface area (Å²) >= 11 is 3.42. The number of primary amides is 1. The zero-order valence-corrected chi connectivity index (χ0v) is 11.7. The molecule has 5 heteroatoms. The molecule has 4 nitrogen and oxygen atoms in total. The number of anilines is 1. The molecule has 1 aromatic rings. The maximum absolute atomic E-state index is 11.9. The van der Waals surface area contributed by atoms with E-state index >= 15 is 0 Å². The summed E-state index contributed by atoms with van der Waals surface area (Å²) in [6, 6.07) is 5.81. The lowest BCUT2D eigenvalue weighted by atomic mass is 10.1. The summed E-state index contributed by atoms with van der Waals surface area (Å²) in [5, 5.41) is 0. The molecule has 1 fully saturated rings. The number of nitrogens with two attached hydrogens (primary N) is 1. The van der Waals surface area contributed by atoms with Gasteiger partial charge in [-0.15, -0.1) is 0 Å². The molecule has 1 heterocycles. The van der Waals surface area contributed by atoms with Gasteiger partial charge in [0.05, 0.1) is 5.92 Å². The number of hydrogen-bond acceptors (Lipinski definition) is 2. The molecule has 2 N–H and O–H groups in total. The second-order valence-corrected chi connectivity index (χ2v) is 5.35. The Morgan fingerprint density at radius 3 is 2.83 bits per heavy atom. The van der Waals surface area contributed by atoms with Gasteiger partial charge in [-0.05, 0) is 30.2 Å². The number of benzene rings is 1. The highest BCUT2D eigenvalue weighted by molar-refractivity contribution is 9.10. The van der Waals surface area contributed by atoms with Crippen LogP contribution in [0.5, 0.6) is 0 Å². The molecule has 1 unspecified atom stereocenters. The van der Waals surface area contributed by atoms with E-state index in [-0.39, 0.29) is 18.2 Å². The summed E-state index contributed by atoms with van der Waals surface area (Å²) in [5.74, 6) is -0.803. The van der Waals surface area contributed by atoms with E-state index in [0.717, 1.165) is 22.1 Å². The molecule has 0 aliphatic carbocycles. The van der Waals surface area contributed by atoms with Crippen molar-refractivity contribution in [1.29, 1.82) is 0 Å². The van der Waals surface area contributed by atoms with Gasteiger partial charge in [-0.1, -0.05) is 22.9 Å². The fourth-order valence-corrected chi connectivity index (χ4v) is 2.64. The summed E-state index contributed by atoms with van der Waals surface area (Å²) in [5.41, 5.74) is 7.24. The third-order valence-electron chi connectivity index (χ3n) is 3.24. The maximum atomic E-state index is 11.9. The largest absolute Gasteiger partial charge is 0.369 e. The third kappa shape index (κ3) is 2.41. The van der Waals surface area contributed by atoms with E-state index in [0.29, 0.717) is 6.54 Å². The minimum Gasteiger partial charge on any atom is -0.369 e. The molecule has 0 aromatic heterocycles. The van der Waals surface area contributed by atoms with Crippen molar-refractivity contribution in [2.75, 3.05) is 11.4 Å². The number of nitrogens with zero attached hydrogens (tertiary/aromatic N) is 1. The van der Waals surface area contributed by atoms with Crippen molar-refractivity contribution in [3.8, 4) is 0 Å². The lowest BCUT2D eigenvalue weighted by molar-refractivity contribution is -0.123. The summed E-state index contributed by atoms with van der Waals surface area (Å²) in [7, 11) is 0. The second-order valence-electron chi connectivity index (χ2n) is 4.43. The first-order chi connectivity index (χ1) is 8.52. The Morgan fingerprint density at radius 2 is 2.28 bits per heavy atom. The molecular weight excluding hydrogens is 296 g/mol. The normalized spacial score (nSPS) is 19.3. The fraction of sp³-hybridized carbons (Fsp3) is 0.385. The molecule has 2 amide bonds. The molecule has 18 heavy (non-hydrogen) atoms. The molecule has 2 rings (SSSR count). The van der Waals surface area contributed by atoms with Crippen molar-refractivity contribution in [3.05, 3.63) is 28.2 Å². The van der Waals surface area contributed by atoms with Crippen LogP contribution in [0.4, 0.5) is 5.69 Å². The van der Waals surface area contributed by atoms with Crippen molar-refractivity contribution >= 4 is 33.4 Å². The minimum atomic E-state index is -0.402. The highest BCUT2D eigenvalue weighted by Gasteiger charge is 2.34. The van der Waals surface area contributed by atoms with E-state index in [4.69, 9.17) is 5.73 Å². The molecule has 0 radical (unpaired) electrons. The van der Waals surface area contributed by atoms with Crippen LogP contribution in [0, 0.1) is 5.92 Å². The lowest BCUT2D eigenvalue weighted by Crippen LogP contribution is -2.29. The van der Waals surface area contributed by atoms with E-state index < -0.39 is 5.91 Å². The van der Waals surface area contributed by atoms with Gasteiger partial charge in [-0.3, -0.25) is 9.59 Å².